The van der Waals surface area contributed by atoms with E-state index in [4.69, 9.17) is 5.73 Å². The van der Waals surface area contributed by atoms with E-state index in [0.717, 1.165) is 30.3 Å². The topological polar surface area (TPSA) is 68.2 Å². The van der Waals surface area contributed by atoms with Crippen LogP contribution in [0, 0.1) is 6.92 Å². The molecule has 0 bridgehead atoms. The molecule has 0 aliphatic carbocycles. The van der Waals surface area contributed by atoms with Crippen molar-refractivity contribution in [1.29, 1.82) is 0 Å². The number of aryl methyl sites for hydroxylation is 2. The highest BCUT2D eigenvalue weighted by Gasteiger charge is 2.25. The van der Waals surface area contributed by atoms with Gasteiger partial charge in [-0.25, -0.2) is 4.79 Å². The number of nitrogens with two attached hydrogens (primary N) is 1. The van der Waals surface area contributed by atoms with Gasteiger partial charge in [0.25, 0.3) is 0 Å². The summed E-state index contributed by atoms with van der Waals surface area (Å²) in [7, 11) is 0. The van der Waals surface area contributed by atoms with Gasteiger partial charge in [-0.3, -0.25) is 0 Å². The first-order valence-corrected chi connectivity index (χ1v) is 8.31. The molecular weight excluding hydrogens is 288 g/mol. The molecule has 2 rings (SSSR count). The normalized spacial score (nSPS) is 12.1. The van der Waals surface area contributed by atoms with Gasteiger partial charge in [0.1, 0.15) is 0 Å². The molecule has 0 aliphatic rings. The van der Waals surface area contributed by atoms with Crippen LogP contribution in [0.4, 0.5) is 0 Å². The summed E-state index contributed by atoms with van der Waals surface area (Å²) in [6, 6.07) is 3.67. The van der Waals surface area contributed by atoms with E-state index >= 15 is 0 Å². The van der Waals surface area contributed by atoms with Gasteiger partial charge >= 0.3 is 5.97 Å². The zero-order valence-corrected chi connectivity index (χ0v) is 14.9. The Balaban J connectivity index is 2.90. The number of carboxylic acids is 1. The highest BCUT2D eigenvalue weighted by atomic mass is 16.4. The lowest BCUT2D eigenvalue weighted by Crippen LogP contribution is -2.15. The predicted octanol–water partition coefficient (Wildman–Crippen LogP) is 3.86. The van der Waals surface area contributed by atoms with E-state index in [2.05, 4.69) is 39.2 Å². The minimum absolute atomic E-state index is 0.118. The fourth-order valence-electron chi connectivity index (χ4n) is 3.37. The van der Waals surface area contributed by atoms with Crippen LogP contribution in [0.15, 0.2) is 12.1 Å². The van der Waals surface area contributed by atoms with Crippen molar-refractivity contribution in [3.8, 4) is 0 Å². The van der Waals surface area contributed by atoms with Gasteiger partial charge in [0.05, 0.1) is 11.1 Å². The Labute approximate surface area is 138 Å². The average molecular weight is 316 g/mol. The minimum atomic E-state index is -0.871. The van der Waals surface area contributed by atoms with Crippen molar-refractivity contribution in [2.24, 2.45) is 5.73 Å². The molecule has 1 aromatic heterocycles. The number of hydrogen-bond acceptors (Lipinski definition) is 2. The van der Waals surface area contributed by atoms with Gasteiger partial charge in [-0.15, -0.1) is 0 Å². The van der Waals surface area contributed by atoms with E-state index in [0.29, 0.717) is 12.1 Å². The number of nitrogens with zero attached hydrogens (tertiary/aromatic N) is 1. The van der Waals surface area contributed by atoms with Crippen molar-refractivity contribution in [2.45, 2.75) is 59.4 Å². The third-order valence-corrected chi connectivity index (χ3v) is 4.55. The molecule has 2 aromatic rings. The summed E-state index contributed by atoms with van der Waals surface area (Å²) in [5.41, 5.74) is 10.7. The van der Waals surface area contributed by atoms with Gasteiger partial charge in [-0.1, -0.05) is 20.8 Å². The molecule has 1 aromatic carbocycles. The Bertz CT molecular complexity index is 736. The van der Waals surface area contributed by atoms with Crippen LogP contribution in [-0.2, 0) is 18.4 Å². The first-order chi connectivity index (χ1) is 10.7. The van der Waals surface area contributed by atoms with Crippen LogP contribution >= 0.6 is 0 Å². The van der Waals surface area contributed by atoms with Crippen LogP contribution in [0.3, 0.4) is 0 Å². The summed E-state index contributed by atoms with van der Waals surface area (Å²) in [6.07, 6.45) is 1.80. The number of rotatable bonds is 5. The largest absolute Gasteiger partial charge is 0.478 e. The second-order valence-electron chi connectivity index (χ2n) is 7.18. The summed E-state index contributed by atoms with van der Waals surface area (Å²) in [6.45, 7) is 12.2. The van der Waals surface area contributed by atoms with Crippen LogP contribution in [-0.4, -0.2) is 22.2 Å². The van der Waals surface area contributed by atoms with Gasteiger partial charge in [0.2, 0.25) is 0 Å². The van der Waals surface area contributed by atoms with Crippen LogP contribution in [0.25, 0.3) is 10.9 Å². The Morgan fingerprint density at radius 3 is 2.43 bits per heavy atom. The molecule has 4 nitrogen and oxygen atoms in total. The van der Waals surface area contributed by atoms with Crippen LogP contribution in [0.5, 0.6) is 0 Å². The maximum Gasteiger partial charge on any atom is 0.335 e. The molecule has 0 saturated heterocycles. The van der Waals surface area contributed by atoms with Crippen molar-refractivity contribution in [1.82, 2.24) is 4.57 Å². The molecule has 126 valence electrons. The molecule has 0 amide bonds. The highest BCUT2D eigenvalue weighted by Crippen LogP contribution is 2.36. The van der Waals surface area contributed by atoms with Crippen LogP contribution < -0.4 is 5.73 Å². The number of hydrogen-bond donors (Lipinski definition) is 2. The van der Waals surface area contributed by atoms with Gasteiger partial charge in [-0.2, -0.15) is 0 Å². The average Bonchev–Trinajstić information content (AvgIpc) is 2.74. The second-order valence-corrected chi connectivity index (χ2v) is 7.18. The number of benzene rings is 1. The third kappa shape index (κ3) is 3.13. The Morgan fingerprint density at radius 2 is 1.96 bits per heavy atom. The Morgan fingerprint density at radius 1 is 1.30 bits per heavy atom. The van der Waals surface area contributed by atoms with Crippen molar-refractivity contribution >= 4 is 16.9 Å². The minimum Gasteiger partial charge on any atom is -0.478 e. The number of carboxylic acid groups (broad SMARTS) is 1. The maximum absolute atomic E-state index is 11.6. The fourth-order valence-corrected chi connectivity index (χ4v) is 3.37. The Kier molecular flexibility index (Phi) is 4.85. The lowest BCUT2D eigenvalue weighted by molar-refractivity contribution is 0.0697. The summed E-state index contributed by atoms with van der Waals surface area (Å²) < 4.78 is 2.31. The van der Waals surface area contributed by atoms with Gasteiger partial charge in [0.15, 0.2) is 0 Å². The molecule has 23 heavy (non-hydrogen) atoms. The smallest absolute Gasteiger partial charge is 0.335 e. The van der Waals surface area contributed by atoms with E-state index in [9.17, 15) is 9.90 Å². The quantitative estimate of drug-likeness (QED) is 0.880. The fraction of sp³-hybridized carbons (Fsp3) is 0.526. The van der Waals surface area contributed by atoms with Gasteiger partial charge in [-0.05, 0) is 61.9 Å². The lowest BCUT2D eigenvalue weighted by atomic mass is 9.84. The molecule has 0 spiro atoms. The van der Waals surface area contributed by atoms with E-state index < -0.39 is 5.97 Å². The molecule has 0 unspecified atom stereocenters. The summed E-state index contributed by atoms with van der Waals surface area (Å²) in [5, 5.41) is 10.6. The SMILES string of the molecule is CCn1c(C)c(CCCN)c2cc(C(=O)O)cc(C(C)(C)C)c21. The van der Waals surface area contributed by atoms with E-state index in [1.165, 1.54) is 16.8 Å². The number of aromatic nitrogens is 1. The maximum atomic E-state index is 11.6. The van der Waals surface area contributed by atoms with E-state index in [-0.39, 0.29) is 5.41 Å². The van der Waals surface area contributed by atoms with Crippen LogP contribution in [0.2, 0.25) is 0 Å². The van der Waals surface area contributed by atoms with Crippen LogP contribution in [0.1, 0.15) is 61.3 Å². The first kappa shape index (κ1) is 17.5. The second kappa shape index (κ2) is 6.36. The number of fused-ring (bicyclic) bond motifs is 1. The van der Waals surface area contributed by atoms with E-state index in [1.807, 2.05) is 12.1 Å². The van der Waals surface area contributed by atoms with Crippen molar-refractivity contribution in [3.63, 3.8) is 0 Å². The molecule has 3 N–H and O–H groups in total. The molecule has 0 saturated carbocycles. The third-order valence-electron chi connectivity index (χ3n) is 4.55. The molecule has 0 radical (unpaired) electrons. The van der Waals surface area contributed by atoms with Crippen molar-refractivity contribution < 1.29 is 9.90 Å². The van der Waals surface area contributed by atoms with E-state index in [1.54, 1.807) is 0 Å². The number of aromatic carboxylic acids is 1. The van der Waals surface area contributed by atoms with Gasteiger partial charge in [0, 0.05) is 17.6 Å². The number of carbonyl (C=O) groups is 1. The standard InChI is InChI=1S/C19H28N2O2/c1-6-21-12(2)14(8-7-9-20)15-10-13(18(22)23)11-16(17(15)21)19(3,4)5/h10-11H,6-9,20H2,1-5H3,(H,22,23). The molecular formula is C19H28N2O2. The molecule has 0 aliphatic heterocycles. The van der Waals surface area contributed by atoms with Crippen molar-refractivity contribution in [2.75, 3.05) is 6.54 Å². The zero-order valence-electron chi connectivity index (χ0n) is 14.9. The Hall–Kier alpha value is -1.81. The predicted molar refractivity (Wildman–Crippen MR) is 95.4 cm³/mol. The lowest BCUT2D eigenvalue weighted by Gasteiger charge is -2.22. The summed E-state index contributed by atoms with van der Waals surface area (Å²) in [5.74, 6) is -0.871. The first-order valence-electron chi connectivity index (χ1n) is 8.31. The summed E-state index contributed by atoms with van der Waals surface area (Å²) in [4.78, 5) is 11.6. The molecule has 4 heteroatoms. The van der Waals surface area contributed by atoms with Crippen molar-refractivity contribution in [3.05, 3.63) is 34.5 Å². The monoisotopic (exact) mass is 316 g/mol. The van der Waals surface area contributed by atoms with Gasteiger partial charge < -0.3 is 15.4 Å². The molecule has 0 atom stereocenters. The summed E-state index contributed by atoms with van der Waals surface area (Å²) >= 11 is 0. The highest BCUT2D eigenvalue weighted by molar-refractivity contribution is 5.97. The molecule has 0 fully saturated rings. The zero-order chi connectivity index (χ0) is 17.4. The molecule has 1 heterocycles.